The van der Waals surface area contributed by atoms with Crippen LogP contribution >= 0.6 is 0 Å². The predicted octanol–water partition coefficient (Wildman–Crippen LogP) is -1.79. The van der Waals surface area contributed by atoms with Crippen LogP contribution in [-0.2, 0) is 14.3 Å². The lowest BCUT2D eigenvalue weighted by atomic mass is 9.78. The molecule has 2 saturated carbocycles. The summed E-state index contributed by atoms with van der Waals surface area (Å²) in [7, 11) is -3.71. The maximum atomic E-state index is 11.7. The van der Waals surface area contributed by atoms with Gasteiger partial charge in [-0.2, -0.15) is 8.42 Å². The standard InChI is InChI=1S/C9H14O6S/c10-3-8-1-5-9(2-8,4-11)7(6(8)12)15-16(5,13)14/h5-7,10-12H,1-4H2. The Balaban J connectivity index is 2.17. The first-order valence-corrected chi connectivity index (χ1v) is 6.71. The third-order valence-corrected chi connectivity index (χ3v) is 6.40. The van der Waals surface area contributed by atoms with E-state index in [1.807, 2.05) is 0 Å². The van der Waals surface area contributed by atoms with Gasteiger partial charge in [0.05, 0.1) is 24.6 Å². The molecule has 0 aromatic rings. The zero-order chi connectivity index (χ0) is 11.8. The lowest BCUT2D eigenvalue weighted by molar-refractivity contribution is -0.0617. The third-order valence-electron chi connectivity index (χ3n) is 4.59. The molecule has 1 heterocycles. The van der Waals surface area contributed by atoms with Crippen LogP contribution < -0.4 is 0 Å². The fourth-order valence-electron chi connectivity index (χ4n) is 3.77. The van der Waals surface area contributed by atoms with Crippen molar-refractivity contribution in [2.24, 2.45) is 10.8 Å². The second-order valence-corrected chi connectivity index (χ2v) is 6.98. The van der Waals surface area contributed by atoms with E-state index < -0.39 is 38.4 Å². The summed E-state index contributed by atoms with van der Waals surface area (Å²) in [6, 6.07) is 0. The van der Waals surface area contributed by atoms with Gasteiger partial charge in [-0.15, -0.1) is 0 Å². The van der Waals surface area contributed by atoms with Gasteiger partial charge in [0.2, 0.25) is 0 Å². The lowest BCUT2D eigenvalue weighted by Crippen LogP contribution is -2.48. The Morgan fingerprint density at radius 1 is 1.31 bits per heavy atom. The number of fused-ring (bicyclic) bond motifs is 1. The molecule has 6 nitrogen and oxygen atoms in total. The van der Waals surface area contributed by atoms with Crippen molar-refractivity contribution in [1.29, 1.82) is 0 Å². The second kappa shape index (κ2) is 2.78. The molecule has 2 aliphatic carbocycles. The highest BCUT2D eigenvalue weighted by atomic mass is 32.2. The minimum Gasteiger partial charge on any atom is -0.396 e. The first-order valence-electron chi connectivity index (χ1n) is 5.24. The smallest absolute Gasteiger partial charge is 0.271 e. The minimum absolute atomic E-state index is 0.171. The minimum atomic E-state index is -3.71. The van der Waals surface area contributed by atoms with E-state index in [4.69, 9.17) is 4.18 Å². The van der Waals surface area contributed by atoms with Crippen molar-refractivity contribution in [2.75, 3.05) is 13.2 Å². The molecule has 1 saturated heterocycles. The summed E-state index contributed by atoms with van der Waals surface area (Å²) in [5.74, 6) is 0. The molecular formula is C9H14O6S. The molecule has 3 aliphatic rings. The van der Waals surface area contributed by atoms with Gasteiger partial charge in [-0.25, -0.2) is 0 Å². The van der Waals surface area contributed by atoms with Gasteiger partial charge in [0, 0.05) is 10.8 Å². The van der Waals surface area contributed by atoms with Gasteiger partial charge in [-0.3, -0.25) is 4.18 Å². The molecule has 0 radical (unpaired) electrons. The molecule has 0 aromatic carbocycles. The number of hydrogen-bond acceptors (Lipinski definition) is 6. The van der Waals surface area contributed by atoms with E-state index in [-0.39, 0.29) is 19.6 Å². The summed E-state index contributed by atoms with van der Waals surface area (Å²) >= 11 is 0. The van der Waals surface area contributed by atoms with Gasteiger partial charge in [0.1, 0.15) is 6.10 Å². The van der Waals surface area contributed by atoms with Crippen LogP contribution in [0.4, 0.5) is 0 Å². The Morgan fingerprint density at radius 3 is 2.50 bits per heavy atom. The van der Waals surface area contributed by atoms with E-state index in [0.29, 0.717) is 6.42 Å². The van der Waals surface area contributed by atoms with Gasteiger partial charge < -0.3 is 15.3 Å². The average Bonchev–Trinajstić information content (AvgIpc) is 2.76. The van der Waals surface area contributed by atoms with Crippen LogP contribution in [0.5, 0.6) is 0 Å². The Hall–Kier alpha value is -0.210. The molecule has 3 fully saturated rings. The summed E-state index contributed by atoms with van der Waals surface area (Å²) in [6.45, 7) is -0.609. The highest BCUT2D eigenvalue weighted by Gasteiger charge is 2.77. The highest BCUT2D eigenvalue weighted by molar-refractivity contribution is 7.87. The summed E-state index contributed by atoms with van der Waals surface area (Å²) in [6.07, 6.45) is -1.43. The van der Waals surface area contributed by atoms with E-state index >= 15 is 0 Å². The highest BCUT2D eigenvalue weighted by Crippen LogP contribution is 2.67. The fourth-order valence-corrected chi connectivity index (χ4v) is 5.89. The largest absolute Gasteiger partial charge is 0.396 e. The van der Waals surface area contributed by atoms with Gasteiger partial charge in [-0.05, 0) is 12.8 Å². The molecular weight excluding hydrogens is 236 g/mol. The van der Waals surface area contributed by atoms with Gasteiger partial charge in [0.25, 0.3) is 10.1 Å². The molecule has 0 spiro atoms. The van der Waals surface area contributed by atoms with E-state index in [1.165, 1.54) is 0 Å². The quantitative estimate of drug-likeness (QED) is 0.500. The van der Waals surface area contributed by atoms with E-state index in [9.17, 15) is 23.7 Å². The SMILES string of the molecule is O=S1(=O)OC2C(O)C3(CO)CC1C2(CO)C3. The summed E-state index contributed by atoms with van der Waals surface area (Å²) in [5.41, 5.74) is -1.73. The monoisotopic (exact) mass is 250 g/mol. The number of rotatable bonds is 2. The van der Waals surface area contributed by atoms with Crippen LogP contribution in [0.2, 0.25) is 0 Å². The van der Waals surface area contributed by atoms with Crippen molar-refractivity contribution >= 4 is 10.1 Å². The van der Waals surface area contributed by atoms with Gasteiger partial charge >= 0.3 is 0 Å². The number of hydrogen-bond donors (Lipinski definition) is 3. The maximum Gasteiger partial charge on any atom is 0.271 e. The predicted molar refractivity (Wildman–Crippen MR) is 51.9 cm³/mol. The average molecular weight is 250 g/mol. The fraction of sp³-hybridized carbons (Fsp3) is 1.00. The van der Waals surface area contributed by atoms with E-state index in [2.05, 4.69) is 0 Å². The number of aliphatic hydroxyl groups excluding tert-OH is 3. The van der Waals surface area contributed by atoms with Crippen LogP contribution in [0.15, 0.2) is 0 Å². The van der Waals surface area contributed by atoms with Crippen LogP contribution in [-0.4, -0.2) is 54.4 Å². The lowest BCUT2D eigenvalue weighted by Gasteiger charge is -2.33. The third kappa shape index (κ3) is 0.910. The summed E-state index contributed by atoms with van der Waals surface area (Å²) in [4.78, 5) is 0. The van der Waals surface area contributed by atoms with Crippen molar-refractivity contribution in [2.45, 2.75) is 30.3 Å². The molecule has 3 N–H and O–H groups in total. The van der Waals surface area contributed by atoms with Crippen LogP contribution in [0.1, 0.15) is 12.8 Å². The molecule has 0 aromatic heterocycles. The van der Waals surface area contributed by atoms with Crippen molar-refractivity contribution < 1.29 is 27.9 Å². The molecule has 5 unspecified atom stereocenters. The van der Waals surface area contributed by atoms with Crippen LogP contribution in [0, 0.1) is 10.8 Å². The Labute approximate surface area is 93.0 Å². The molecule has 1 aliphatic heterocycles. The molecule has 0 amide bonds. The Kier molecular flexibility index (Phi) is 1.90. The first-order chi connectivity index (χ1) is 7.42. The molecule has 2 bridgehead atoms. The zero-order valence-corrected chi connectivity index (χ0v) is 9.35. The molecule has 3 rings (SSSR count). The van der Waals surface area contributed by atoms with Crippen LogP contribution in [0.25, 0.3) is 0 Å². The molecule has 5 atom stereocenters. The summed E-state index contributed by atoms with van der Waals surface area (Å²) < 4.78 is 28.4. The van der Waals surface area contributed by atoms with E-state index in [0.717, 1.165) is 0 Å². The zero-order valence-electron chi connectivity index (χ0n) is 8.54. The maximum absolute atomic E-state index is 11.7. The summed E-state index contributed by atoms with van der Waals surface area (Å²) in [5, 5.41) is 28.0. The van der Waals surface area contributed by atoms with Crippen molar-refractivity contribution in [1.82, 2.24) is 0 Å². The number of aliphatic hydroxyl groups is 3. The van der Waals surface area contributed by atoms with Crippen LogP contribution in [0.3, 0.4) is 0 Å². The first kappa shape index (κ1) is 10.9. The normalized spacial score (nSPS) is 57.1. The van der Waals surface area contributed by atoms with Gasteiger partial charge in [-0.1, -0.05) is 0 Å². The van der Waals surface area contributed by atoms with Gasteiger partial charge in [0.15, 0.2) is 0 Å². The topological polar surface area (TPSA) is 104 Å². The van der Waals surface area contributed by atoms with Crippen molar-refractivity contribution in [3.8, 4) is 0 Å². The van der Waals surface area contributed by atoms with E-state index in [1.54, 1.807) is 0 Å². The van der Waals surface area contributed by atoms with Crippen molar-refractivity contribution in [3.63, 3.8) is 0 Å². The molecule has 7 heteroatoms. The Bertz CT molecular complexity index is 433. The van der Waals surface area contributed by atoms with Crippen molar-refractivity contribution in [3.05, 3.63) is 0 Å². The second-order valence-electron chi connectivity index (χ2n) is 5.24. The molecule has 92 valence electrons. The Morgan fingerprint density at radius 2 is 2.00 bits per heavy atom. The molecule has 16 heavy (non-hydrogen) atoms.